The first-order valence-electron chi connectivity index (χ1n) is 16.7. The molecule has 0 aliphatic rings. The Balaban J connectivity index is 6.84. The van der Waals surface area contributed by atoms with Crippen LogP contribution in [-0.2, 0) is 32.8 Å². The van der Waals surface area contributed by atoms with Crippen LogP contribution >= 0.6 is 7.82 Å². The Morgan fingerprint density at radius 2 is 0.851 bits per heavy atom. The summed E-state index contributed by atoms with van der Waals surface area (Å²) in [7, 11) is -5.87. The summed E-state index contributed by atoms with van der Waals surface area (Å²) in [6.45, 7) is 23.6. The van der Waals surface area contributed by atoms with Gasteiger partial charge in [-0.05, 0) is 62.8 Å². The Bertz CT molecular complexity index is 1120. The number of aliphatic hydroxyl groups is 2. The lowest BCUT2D eigenvalue weighted by atomic mass is 9.82. The molecule has 11 heteroatoms. The zero-order valence-corrected chi connectivity index (χ0v) is 30.4. The summed E-state index contributed by atoms with van der Waals surface area (Å²) in [5.41, 5.74) is -0.708. The molecule has 4 atom stereocenters. The number of Topliss-reactive ketones (excluding diaryl/α,β-unsaturated/α-hetero) is 4. The van der Waals surface area contributed by atoms with E-state index in [1.54, 1.807) is 0 Å². The van der Waals surface area contributed by atoms with Crippen LogP contribution in [0.5, 0.6) is 0 Å². The fourth-order valence-corrected chi connectivity index (χ4v) is 6.53. The molecule has 0 saturated heterocycles. The highest BCUT2D eigenvalue weighted by molar-refractivity contribution is 7.47. The molecule has 268 valence electrons. The van der Waals surface area contributed by atoms with Crippen molar-refractivity contribution in [3.63, 3.8) is 0 Å². The van der Waals surface area contributed by atoms with Gasteiger partial charge in [-0.25, -0.2) is 13.6 Å². The standard InChI is InChI=1S/C36H59O10P/c1-11-13-15-17-19-21-23-29(31(37)25(3)4)35(41,33(39)27(7)8)45-47(43,44)46-36(42,34(40)28(9)10)30(32(38)26(5)6)24-22-20-18-16-14-12-2/h29-30,41-42H,3,5,7,9,11-24H2,1-2,4,6,8,10H3,(H,43,44). The first-order valence-corrected chi connectivity index (χ1v) is 18.2. The molecule has 0 aromatic rings. The van der Waals surface area contributed by atoms with Crippen molar-refractivity contribution in [2.75, 3.05) is 0 Å². The second-order valence-electron chi connectivity index (χ2n) is 12.8. The number of unbranched alkanes of at least 4 members (excludes halogenated alkanes) is 10. The maximum Gasteiger partial charge on any atom is 0.478 e. The van der Waals surface area contributed by atoms with E-state index in [9.17, 15) is 38.8 Å². The fourth-order valence-electron chi connectivity index (χ4n) is 5.37. The average Bonchev–Trinajstić information content (AvgIpc) is 2.97. The summed E-state index contributed by atoms with van der Waals surface area (Å²) in [6.07, 6.45) is 9.32. The van der Waals surface area contributed by atoms with Crippen LogP contribution in [-0.4, -0.2) is 49.8 Å². The predicted octanol–water partition coefficient (Wildman–Crippen LogP) is 7.81. The van der Waals surface area contributed by atoms with E-state index in [-0.39, 0.29) is 35.1 Å². The van der Waals surface area contributed by atoms with Crippen molar-refractivity contribution >= 4 is 31.0 Å². The molecule has 0 aliphatic carbocycles. The predicted molar refractivity (Wildman–Crippen MR) is 184 cm³/mol. The van der Waals surface area contributed by atoms with Crippen LogP contribution in [0.4, 0.5) is 0 Å². The van der Waals surface area contributed by atoms with Gasteiger partial charge in [0.2, 0.25) is 11.6 Å². The number of ketones is 4. The highest BCUT2D eigenvalue weighted by Gasteiger charge is 2.58. The third-order valence-corrected chi connectivity index (χ3v) is 9.06. The molecule has 10 nitrogen and oxygen atoms in total. The zero-order chi connectivity index (χ0) is 36.6. The first kappa shape index (κ1) is 44.7. The largest absolute Gasteiger partial charge is 0.478 e. The Morgan fingerprint density at radius 3 is 1.11 bits per heavy atom. The molecular weight excluding hydrogens is 623 g/mol. The van der Waals surface area contributed by atoms with Crippen molar-refractivity contribution < 1.29 is 47.9 Å². The van der Waals surface area contributed by atoms with Gasteiger partial charge in [-0.3, -0.25) is 19.2 Å². The summed E-state index contributed by atoms with van der Waals surface area (Å²) in [5.74, 6) is -14.2. The highest BCUT2D eigenvalue weighted by atomic mass is 31.2. The molecule has 4 unspecified atom stereocenters. The lowest BCUT2D eigenvalue weighted by molar-refractivity contribution is -0.216. The van der Waals surface area contributed by atoms with Crippen molar-refractivity contribution in [3.8, 4) is 0 Å². The molecule has 0 bridgehead atoms. The van der Waals surface area contributed by atoms with E-state index in [0.717, 1.165) is 51.4 Å². The molecule has 47 heavy (non-hydrogen) atoms. The first-order chi connectivity index (χ1) is 21.7. The Labute approximate surface area is 282 Å². The van der Waals surface area contributed by atoms with Crippen LogP contribution in [0.2, 0.25) is 0 Å². The SMILES string of the molecule is C=C(C)C(=O)C(CCCCCCCC)C(O)(OP(=O)(O)OC(O)(C(=O)C(=C)C)C(CCCCCCCC)C(=O)C(=C)C)C(=O)C(=C)C. The van der Waals surface area contributed by atoms with E-state index < -0.39 is 54.4 Å². The number of carbonyl (C=O) groups is 4. The minimum absolute atomic E-state index is 0.0498. The number of carbonyl (C=O) groups excluding carboxylic acids is 4. The van der Waals surface area contributed by atoms with Crippen LogP contribution < -0.4 is 0 Å². The number of allylic oxidation sites excluding steroid dienone is 2. The number of rotatable bonds is 28. The van der Waals surface area contributed by atoms with Crippen LogP contribution in [0.25, 0.3) is 0 Å². The van der Waals surface area contributed by atoms with Crippen LogP contribution in [0.3, 0.4) is 0 Å². The molecule has 0 aromatic carbocycles. The van der Waals surface area contributed by atoms with E-state index in [2.05, 4.69) is 40.2 Å². The number of phosphoric acid groups is 1. The second kappa shape index (κ2) is 20.9. The number of hydrogen-bond acceptors (Lipinski definition) is 9. The quantitative estimate of drug-likeness (QED) is 0.0321. The molecule has 0 aromatic heterocycles. The second-order valence-corrected chi connectivity index (χ2v) is 14.1. The minimum Gasteiger partial charge on any atom is -0.358 e. The van der Waals surface area contributed by atoms with Crippen LogP contribution in [0.15, 0.2) is 48.6 Å². The van der Waals surface area contributed by atoms with E-state index in [1.807, 2.05) is 0 Å². The Hall–Kier alpha value is -2.33. The van der Waals surface area contributed by atoms with Crippen molar-refractivity contribution in [1.82, 2.24) is 0 Å². The molecule has 0 aliphatic heterocycles. The Morgan fingerprint density at radius 1 is 0.574 bits per heavy atom. The van der Waals surface area contributed by atoms with Gasteiger partial charge in [0, 0.05) is 0 Å². The molecule has 0 spiro atoms. The topological polar surface area (TPSA) is 164 Å². The summed E-state index contributed by atoms with van der Waals surface area (Å²) in [5, 5.41) is 23.5. The van der Waals surface area contributed by atoms with Gasteiger partial charge in [0.15, 0.2) is 11.6 Å². The number of hydrogen-bond donors (Lipinski definition) is 3. The molecule has 0 rings (SSSR count). The smallest absolute Gasteiger partial charge is 0.358 e. The van der Waals surface area contributed by atoms with E-state index in [0.29, 0.717) is 25.7 Å². The third-order valence-electron chi connectivity index (χ3n) is 8.05. The molecular formula is C36H59O10P. The lowest BCUT2D eigenvalue weighted by Gasteiger charge is -2.38. The van der Waals surface area contributed by atoms with E-state index >= 15 is 0 Å². The van der Waals surface area contributed by atoms with Crippen LogP contribution in [0, 0.1) is 11.8 Å². The van der Waals surface area contributed by atoms with Crippen molar-refractivity contribution in [3.05, 3.63) is 48.6 Å². The van der Waals surface area contributed by atoms with E-state index in [1.165, 1.54) is 27.7 Å². The highest BCUT2D eigenvalue weighted by Crippen LogP contribution is 2.54. The lowest BCUT2D eigenvalue weighted by Crippen LogP contribution is -2.54. The maximum atomic E-state index is 13.7. The third kappa shape index (κ3) is 14.0. The van der Waals surface area contributed by atoms with Gasteiger partial charge in [0.1, 0.15) is 0 Å². The molecule has 0 radical (unpaired) electrons. The van der Waals surface area contributed by atoms with Gasteiger partial charge in [-0.15, -0.1) is 0 Å². The Kier molecular flexibility index (Phi) is 19.9. The van der Waals surface area contributed by atoms with E-state index in [4.69, 9.17) is 9.05 Å². The van der Waals surface area contributed by atoms with Gasteiger partial charge < -0.3 is 15.1 Å². The number of phosphoric ester groups is 1. The molecule has 0 amide bonds. The van der Waals surface area contributed by atoms with Gasteiger partial charge in [0.05, 0.1) is 11.8 Å². The summed E-state index contributed by atoms with van der Waals surface area (Å²) >= 11 is 0. The monoisotopic (exact) mass is 682 g/mol. The summed E-state index contributed by atoms with van der Waals surface area (Å²) in [6, 6.07) is 0. The molecule has 0 fully saturated rings. The fraction of sp³-hybridized carbons (Fsp3) is 0.667. The van der Waals surface area contributed by atoms with Crippen LogP contribution in [0.1, 0.15) is 131 Å². The van der Waals surface area contributed by atoms with Crippen molar-refractivity contribution in [1.29, 1.82) is 0 Å². The van der Waals surface area contributed by atoms with Crippen molar-refractivity contribution in [2.24, 2.45) is 11.8 Å². The van der Waals surface area contributed by atoms with Gasteiger partial charge in [-0.1, -0.05) is 117 Å². The van der Waals surface area contributed by atoms with Gasteiger partial charge in [-0.2, -0.15) is 0 Å². The molecule has 3 N–H and O–H groups in total. The normalized spacial score (nSPS) is 16.5. The van der Waals surface area contributed by atoms with Gasteiger partial charge >= 0.3 is 7.82 Å². The summed E-state index contributed by atoms with van der Waals surface area (Å²) < 4.78 is 24.1. The average molecular weight is 683 g/mol. The van der Waals surface area contributed by atoms with Crippen molar-refractivity contribution in [2.45, 2.75) is 143 Å². The minimum atomic E-state index is -5.87. The maximum absolute atomic E-state index is 13.7. The van der Waals surface area contributed by atoms with Gasteiger partial charge in [0.25, 0.3) is 11.6 Å². The molecule has 0 heterocycles. The zero-order valence-electron chi connectivity index (χ0n) is 29.5. The molecule has 0 saturated carbocycles. The summed E-state index contributed by atoms with van der Waals surface area (Å²) in [4.78, 5) is 64.6.